The predicted octanol–water partition coefficient (Wildman–Crippen LogP) is -7.58. The molecule has 14 rings (SSSR count). The zero-order valence-corrected chi connectivity index (χ0v) is 29.4. The topological polar surface area (TPSA) is 280 Å². The number of aliphatic hydroxyl groups excluding tert-OH is 12. The third-order valence-corrected chi connectivity index (χ3v) is 9.78. The molecule has 8 bridgehead atoms. The largest absolute Gasteiger partial charge is 0.394 e. The van der Waals surface area contributed by atoms with Gasteiger partial charge in [-0.15, -0.1) is 0 Å². The van der Waals surface area contributed by atoms with Crippen LogP contribution in [0.1, 0.15) is 0 Å². The minimum Gasteiger partial charge on any atom is -0.394 e. The van der Waals surface area contributed by atoms with Crippen LogP contribution in [0.3, 0.4) is 0 Å². The van der Waals surface area contributed by atoms with E-state index in [-0.39, 0.29) is 0 Å². The Labute approximate surface area is 322 Å². The van der Waals surface area contributed by atoms with Crippen LogP contribution in [-0.4, -0.2) is 185 Å². The molecular formula is C40H40O16. The van der Waals surface area contributed by atoms with Crippen LogP contribution in [0, 0.1) is 118 Å². The number of hydrogen-bond donors (Lipinski definition) is 12. The molecule has 0 spiro atoms. The Hall–Kier alpha value is -4.16. The van der Waals surface area contributed by atoms with Crippen molar-refractivity contribution < 1.29 is 80.2 Å². The fourth-order valence-electron chi connectivity index (χ4n) is 6.58. The first-order valence-electron chi connectivity index (χ1n) is 17.5. The number of aliphatic hydroxyl groups is 12. The van der Waals surface area contributed by atoms with E-state index in [0.29, 0.717) is 0 Å². The summed E-state index contributed by atoms with van der Waals surface area (Å²) >= 11 is 0. The maximum atomic E-state index is 10.8. The van der Waals surface area contributed by atoms with Crippen molar-refractivity contribution in [3.63, 3.8) is 0 Å². The molecule has 4 saturated heterocycles. The van der Waals surface area contributed by atoms with Crippen molar-refractivity contribution in [2.75, 3.05) is 26.4 Å². The molecular weight excluding hydrogens is 736 g/mol. The van der Waals surface area contributed by atoms with E-state index in [1.165, 1.54) is 0 Å². The summed E-state index contributed by atoms with van der Waals surface area (Å²) < 4.78 is 22.6. The predicted molar refractivity (Wildman–Crippen MR) is 187 cm³/mol. The number of rotatable bonds is 4. The average Bonchev–Trinajstić information content (AvgIpc) is 3.20. The van der Waals surface area contributed by atoms with Crippen molar-refractivity contribution in [1.29, 1.82) is 0 Å². The lowest BCUT2D eigenvalue weighted by atomic mass is 9.86. The third kappa shape index (κ3) is 9.50. The first-order chi connectivity index (χ1) is 26.9. The molecule has 0 aromatic carbocycles. The van der Waals surface area contributed by atoms with E-state index < -0.39 is 148 Å². The van der Waals surface area contributed by atoms with Gasteiger partial charge in [-0.05, 0) is 47.4 Å². The van der Waals surface area contributed by atoms with Crippen molar-refractivity contribution in [3.05, 3.63) is 0 Å². The van der Waals surface area contributed by atoms with Crippen molar-refractivity contribution >= 4 is 0 Å². The van der Waals surface area contributed by atoms with Gasteiger partial charge in [-0.2, -0.15) is 0 Å². The summed E-state index contributed by atoms with van der Waals surface area (Å²) in [5.74, 6) is 35.4. The summed E-state index contributed by atoms with van der Waals surface area (Å²) in [6, 6.07) is 0. The van der Waals surface area contributed by atoms with Crippen LogP contribution in [0.15, 0.2) is 0 Å². The minimum atomic E-state index is -1.62. The van der Waals surface area contributed by atoms with Gasteiger partial charge in [0.15, 0.2) is 0 Å². The molecule has 56 heavy (non-hydrogen) atoms. The van der Waals surface area contributed by atoms with Crippen LogP contribution in [0.25, 0.3) is 0 Å². The van der Waals surface area contributed by atoms with E-state index in [9.17, 15) is 61.3 Å². The normalized spacial score (nSPS) is 44.1. The molecule has 12 N–H and O–H groups in total. The minimum absolute atomic E-state index is 0.640. The first kappa shape index (κ1) is 43.0. The molecule has 0 unspecified atom stereocenters. The Morgan fingerprint density at radius 2 is 0.446 bits per heavy atom. The van der Waals surface area contributed by atoms with Gasteiger partial charge in [0.2, 0.25) is 0 Å². The van der Waals surface area contributed by atoms with Gasteiger partial charge in [-0.25, -0.2) is 0 Å². The number of ether oxygens (including phenoxy) is 4. The van der Waals surface area contributed by atoms with E-state index in [0.717, 1.165) is 0 Å². The Balaban J connectivity index is 1.47. The smallest absolute Gasteiger partial charge is 0.148 e. The maximum absolute atomic E-state index is 10.8. The summed E-state index contributed by atoms with van der Waals surface area (Å²) in [4.78, 5) is 0. The van der Waals surface area contributed by atoms with Gasteiger partial charge >= 0.3 is 0 Å². The van der Waals surface area contributed by atoms with Crippen molar-refractivity contribution in [2.45, 2.75) is 97.7 Å². The van der Waals surface area contributed by atoms with Gasteiger partial charge in [-0.1, -0.05) is 47.4 Å². The van der Waals surface area contributed by atoms with E-state index in [1.54, 1.807) is 0 Å². The van der Waals surface area contributed by atoms with E-state index in [2.05, 4.69) is 94.7 Å². The molecule has 0 saturated carbocycles. The van der Waals surface area contributed by atoms with Crippen LogP contribution in [0.2, 0.25) is 0 Å². The van der Waals surface area contributed by atoms with Gasteiger partial charge in [-0.3, -0.25) is 0 Å². The quantitative estimate of drug-likeness (QED) is 0.118. The van der Waals surface area contributed by atoms with Gasteiger partial charge < -0.3 is 80.2 Å². The summed E-state index contributed by atoms with van der Waals surface area (Å²) in [5, 5.41) is 126. The zero-order chi connectivity index (χ0) is 40.5. The summed E-state index contributed by atoms with van der Waals surface area (Å²) in [6.07, 6.45) is -22.7. The fourth-order valence-corrected chi connectivity index (χ4v) is 6.58. The van der Waals surface area contributed by atoms with Crippen LogP contribution < -0.4 is 0 Å². The molecule has 1 aliphatic carbocycles. The molecule has 0 aromatic rings. The first-order valence-corrected chi connectivity index (χ1v) is 17.5. The highest BCUT2D eigenvalue weighted by Crippen LogP contribution is 2.29. The molecule has 20 atom stereocenters. The maximum Gasteiger partial charge on any atom is 0.148 e. The molecule has 13 aliphatic heterocycles. The molecule has 4 fully saturated rings. The highest BCUT2D eigenvalue weighted by Gasteiger charge is 2.46. The van der Waals surface area contributed by atoms with Crippen LogP contribution in [-0.2, 0) is 18.9 Å². The molecule has 296 valence electrons. The Kier molecular flexibility index (Phi) is 15.2. The lowest BCUT2D eigenvalue weighted by Gasteiger charge is -2.38. The highest BCUT2D eigenvalue weighted by molar-refractivity contribution is 5.36. The Morgan fingerprint density at radius 1 is 0.268 bits per heavy atom. The summed E-state index contributed by atoms with van der Waals surface area (Å²) in [6.45, 7) is -2.56. The van der Waals surface area contributed by atoms with Crippen molar-refractivity contribution in [1.82, 2.24) is 0 Å². The molecule has 16 heteroatoms. The zero-order valence-electron chi connectivity index (χ0n) is 29.4. The van der Waals surface area contributed by atoms with Gasteiger partial charge in [0.1, 0.15) is 48.8 Å². The standard InChI is InChI=1S/C40H40O16/c41-17-29-21-9-1-5-13-25-37(49)34(46)22(30(18-42)53-25)10-3-7-15-27-39(51)36(48)24(32(20-44)55-27)12-4-8-16-28-40(52)35(47)23(31(19-43)56-28)11-2-6-14-26(54-29)38(50)33(21)45/h21-52H,17-20H2/t21-,22-,23-,24-,25-,26-,27-,28-,29-,30-,31-,32-,33+,34+,35+,36+,37+,38+,39+,40+/m1/s1. The van der Waals surface area contributed by atoms with Crippen molar-refractivity contribution in [3.8, 4) is 94.7 Å². The average molecular weight is 777 g/mol. The summed E-state index contributed by atoms with van der Waals surface area (Å²) in [5.41, 5.74) is 0. The Morgan fingerprint density at radius 3 is 0.625 bits per heavy atom. The van der Waals surface area contributed by atoms with Crippen molar-refractivity contribution in [2.24, 2.45) is 23.7 Å². The van der Waals surface area contributed by atoms with Crippen LogP contribution in [0.4, 0.5) is 0 Å². The SMILES string of the molecule is OC[C@H]1O[C@@H]2C#CC#C[C@H]3[C@H](O)[C@@H](O)[C@@H](C#CC#C[C@H]4[C@H](O)[C@@H](O)[C@@H](C#CC#C[C@H]5[C@H](O)[C@@H](O)[C@@H](C#CC#C[C@H]1[C@H](O)[C@H]2O)O[C@@H]5CO)O[C@@H]4CO)O[C@@H]3CO. The van der Waals surface area contributed by atoms with Gasteiger partial charge in [0, 0.05) is 0 Å². The fraction of sp³-hybridized carbons (Fsp3) is 0.600. The molecule has 13 heterocycles. The number of hydrogen-bond acceptors (Lipinski definition) is 16. The Bertz CT molecular complexity index is 1640. The summed E-state index contributed by atoms with van der Waals surface area (Å²) in [7, 11) is 0. The highest BCUT2D eigenvalue weighted by atomic mass is 16.5. The van der Waals surface area contributed by atoms with Crippen LogP contribution in [0.5, 0.6) is 0 Å². The van der Waals surface area contributed by atoms with Gasteiger partial charge in [0.25, 0.3) is 0 Å². The van der Waals surface area contributed by atoms with E-state index in [4.69, 9.17) is 18.9 Å². The molecule has 0 radical (unpaired) electrons. The van der Waals surface area contributed by atoms with E-state index >= 15 is 0 Å². The van der Waals surface area contributed by atoms with Crippen LogP contribution >= 0.6 is 0 Å². The molecule has 14 aliphatic rings. The van der Waals surface area contributed by atoms with Gasteiger partial charge in [0.05, 0.1) is 98.9 Å². The molecule has 0 aromatic heterocycles. The lowest BCUT2D eigenvalue weighted by molar-refractivity contribution is -0.177. The molecule has 16 nitrogen and oxygen atoms in total. The lowest BCUT2D eigenvalue weighted by Crippen LogP contribution is -2.54. The molecule has 0 amide bonds. The van der Waals surface area contributed by atoms with E-state index in [1.807, 2.05) is 0 Å². The second-order valence-electron chi connectivity index (χ2n) is 13.3. The second kappa shape index (κ2) is 19.8. The monoisotopic (exact) mass is 776 g/mol. The third-order valence-electron chi connectivity index (χ3n) is 9.78. The second-order valence-corrected chi connectivity index (χ2v) is 13.3.